The first-order chi connectivity index (χ1) is 23.0. The van der Waals surface area contributed by atoms with Crippen LogP contribution in [-0.4, -0.2) is 20.3 Å². The Balaban J connectivity index is 1.64. The van der Waals surface area contributed by atoms with Crippen molar-refractivity contribution in [3.63, 3.8) is 0 Å². The average molecular weight is 662 g/mol. The van der Waals surface area contributed by atoms with Crippen LogP contribution in [0.25, 0.3) is 34.3 Å². The van der Waals surface area contributed by atoms with E-state index in [1.165, 1.54) is 18.2 Å². The van der Waals surface area contributed by atoms with Crippen LogP contribution in [0.1, 0.15) is 22.3 Å². The number of benzene rings is 4. The fraction of sp³-hybridized carbons (Fsp3) is 0.0811. The molecule has 48 heavy (non-hydrogen) atoms. The van der Waals surface area contributed by atoms with Gasteiger partial charge in [0.1, 0.15) is 10.7 Å². The van der Waals surface area contributed by atoms with E-state index in [1.807, 2.05) is 80.6 Å². The number of hydrogen-bond acceptors (Lipinski definition) is 5. The average Bonchev–Trinajstić information content (AvgIpc) is 3.62. The van der Waals surface area contributed by atoms with Gasteiger partial charge in [0, 0.05) is 23.0 Å². The summed E-state index contributed by atoms with van der Waals surface area (Å²) in [6, 6.07) is 30.2. The molecule has 0 unspecified atom stereocenters. The van der Waals surface area contributed by atoms with Gasteiger partial charge in [-0.15, -0.1) is 11.3 Å². The zero-order valence-electron chi connectivity index (χ0n) is 25.6. The Bertz CT molecular complexity index is 2380. The number of para-hydroxylation sites is 2. The van der Waals surface area contributed by atoms with E-state index in [2.05, 4.69) is 5.32 Å². The molecule has 6 rings (SSSR count). The van der Waals surface area contributed by atoms with Crippen molar-refractivity contribution in [2.75, 3.05) is 5.32 Å². The van der Waals surface area contributed by atoms with E-state index in [0.717, 1.165) is 50.4 Å². The first-order valence-corrected chi connectivity index (χ1v) is 15.5. The highest BCUT2D eigenvalue weighted by molar-refractivity contribution is 7.07. The van der Waals surface area contributed by atoms with Crippen molar-refractivity contribution in [2.45, 2.75) is 20.0 Å². The highest BCUT2D eigenvalue weighted by Gasteiger charge is 2.34. The molecule has 2 heterocycles. The third-order valence-corrected chi connectivity index (χ3v) is 8.57. The highest BCUT2D eigenvalue weighted by atomic mass is 32.1. The minimum Gasteiger partial charge on any atom is -0.321 e. The number of nitriles is 1. The Morgan fingerprint density at radius 2 is 1.62 bits per heavy atom. The monoisotopic (exact) mass is 661 g/mol. The Morgan fingerprint density at radius 1 is 0.917 bits per heavy atom. The Morgan fingerprint density at radius 3 is 2.31 bits per heavy atom. The van der Waals surface area contributed by atoms with Gasteiger partial charge in [0.2, 0.25) is 0 Å². The van der Waals surface area contributed by atoms with Crippen LogP contribution in [0.4, 0.5) is 18.9 Å². The van der Waals surface area contributed by atoms with Gasteiger partial charge in [-0.1, -0.05) is 72.3 Å². The molecule has 11 heteroatoms. The lowest BCUT2D eigenvalue weighted by Crippen LogP contribution is -2.33. The summed E-state index contributed by atoms with van der Waals surface area (Å²) >= 11 is 0.751. The number of nitrogens with one attached hydrogen (secondary N) is 1. The van der Waals surface area contributed by atoms with Crippen LogP contribution < -0.4 is 20.1 Å². The molecule has 238 valence electrons. The molecule has 0 spiro atoms. The fourth-order valence-corrected chi connectivity index (χ4v) is 6.26. The number of amides is 1. The van der Waals surface area contributed by atoms with E-state index >= 15 is 0 Å². The van der Waals surface area contributed by atoms with Gasteiger partial charge in [0.15, 0.2) is 5.57 Å². The molecule has 0 saturated heterocycles. The molecule has 0 saturated carbocycles. The van der Waals surface area contributed by atoms with Gasteiger partial charge in [-0.3, -0.25) is 14.2 Å². The van der Waals surface area contributed by atoms with E-state index in [1.54, 1.807) is 29.1 Å². The van der Waals surface area contributed by atoms with Crippen LogP contribution in [0, 0.1) is 25.2 Å². The molecule has 4 aromatic carbocycles. The van der Waals surface area contributed by atoms with E-state index in [-0.39, 0.29) is 9.20 Å². The quantitative estimate of drug-likeness (QED) is 0.220. The molecule has 1 N–H and O–H groups in total. The van der Waals surface area contributed by atoms with Crippen molar-refractivity contribution in [2.24, 2.45) is 0 Å². The third kappa shape index (κ3) is 6.47. The van der Waals surface area contributed by atoms with Crippen molar-refractivity contribution in [1.82, 2.24) is 14.3 Å². The van der Waals surface area contributed by atoms with Crippen molar-refractivity contribution >= 4 is 34.6 Å². The van der Waals surface area contributed by atoms with Crippen molar-refractivity contribution < 1.29 is 18.0 Å². The number of hydrogen-bond donors (Lipinski definition) is 1. The topological polar surface area (TPSA) is 92.7 Å². The summed E-state index contributed by atoms with van der Waals surface area (Å²) in [7, 11) is 0. The van der Waals surface area contributed by atoms with E-state index in [9.17, 15) is 28.0 Å². The largest absolute Gasteiger partial charge is 0.418 e. The molecule has 0 bridgehead atoms. The number of alkyl halides is 3. The van der Waals surface area contributed by atoms with Gasteiger partial charge in [-0.25, -0.2) is 4.68 Å². The van der Waals surface area contributed by atoms with Gasteiger partial charge in [-0.2, -0.15) is 23.5 Å². The van der Waals surface area contributed by atoms with Crippen LogP contribution in [0.3, 0.4) is 0 Å². The predicted molar refractivity (Wildman–Crippen MR) is 180 cm³/mol. The van der Waals surface area contributed by atoms with E-state index in [4.69, 9.17) is 5.10 Å². The standard InChI is InChI=1S/C37H26F3N5O2S/c1-23-15-17-25(18-16-23)33-26(22-44(43-33)28-11-4-3-5-12-28)20-32-35(47)45(31-14-7-6-13-30(31)37(38,39)40)36(48-32)29(21-41)34(46)42-27-10-8-9-24(2)19-27/h3-20,22H,1-2H3,(H,42,46). The number of thiazole rings is 1. The van der Waals surface area contributed by atoms with Gasteiger partial charge in [0.05, 0.1) is 27.2 Å². The smallest absolute Gasteiger partial charge is 0.321 e. The number of carbonyl (C=O) groups is 1. The summed E-state index contributed by atoms with van der Waals surface area (Å²) < 4.78 is 45.0. The molecule has 1 amide bonds. The number of anilines is 1. The fourth-order valence-electron chi connectivity index (χ4n) is 5.17. The minimum atomic E-state index is -4.83. The number of carbonyl (C=O) groups excluding carboxylic acids is 1. The van der Waals surface area contributed by atoms with Crippen molar-refractivity contribution in [3.8, 4) is 28.7 Å². The second-order valence-electron chi connectivity index (χ2n) is 11.0. The maximum absolute atomic E-state index is 14.3. The molecule has 0 radical (unpaired) electrons. The number of aryl methyl sites for hydroxylation is 2. The summed E-state index contributed by atoms with van der Waals surface area (Å²) in [6.45, 7) is 3.77. The number of nitrogens with zero attached hydrogens (tertiary/aromatic N) is 4. The van der Waals surface area contributed by atoms with Crippen LogP contribution >= 0.6 is 11.3 Å². The molecule has 0 aliphatic heterocycles. The number of aromatic nitrogens is 3. The second kappa shape index (κ2) is 13.0. The second-order valence-corrected chi connectivity index (χ2v) is 12.0. The number of rotatable bonds is 6. The zero-order valence-corrected chi connectivity index (χ0v) is 26.4. The first-order valence-electron chi connectivity index (χ1n) is 14.7. The Hall–Kier alpha value is -5.99. The summed E-state index contributed by atoms with van der Waals surface area (Å²) in [4.78, 5) is 27.7. The van der Waals surface area contributed by atoms with Crippen molar-refractivity contribution in [3.05, 3.63) is 151 Å². The maximum Gasteiger partial charge on any atom is 0.418 e. The van der Waals surface area contributed by atoms with Crippen LogP contribution in [0.15, 0.2) is 114 Å². The lowest BCUT2D eigenvalue weighted by Gasteiger charge is -2.13. The molecular weight excluding hydrogens is 636 g/mol. The maximum atomic E-state index is 14.3. The Labute approximate surface area is 276 Å². The molecule has 0 atom stereocenters. The molecule has 0 aliphatic rings. The molecular formula is C37H26F3N5O2S. The molecule has 0 fully saturated rings. The molecule has 2 aromatic heterocycles. The van der Waals surface area contributed by atoms with Gasteiger partial charge in [0.25, 0.3) is 11.5 Å². The molecule has 0 aliphatic carbocycles. The summed E-state index contributed by atoms with van der Waals surface area (Å²) in [6.07, 6.45) is -1.58. The lowest BCUT2D eigenvalue weighted by atomic mass is 10.1. The normalized spacial score (nSPS) is 12.5. The third-order valence-electron chi connectivity index (χ3n) is 7.48. The van der Waals surface area contributed by atoms with E-state index < -0.39 is 34.5 Å². The zero-order chi connectivity index (χ0) is 34.0. The minimum absolute atomic E-state index is 0.000874. The molecule has 7 nitrogen and oxygen atoms in total. The SMILES string of the molecule is Cc1ccc(-c2nn(-c3ccccc3)cc2C=c2sc(=C(C#N)C(=O)Nc3cccc(C)c3)n(-c3ccccc3C(F)(F)F)c2=O)cc1. The van der Waals surface area contributed by atoms with Crippen molar-refractivity contribution in [1.29, 1.82) is 5.26 Å². The van der Waals surface area contributed by atoms with E-state index in [0.29, 0.717) is 16.9 Å². The van der Waals surface area contributed by atoms with Gasteiger partial charge >= 0.3 is 6.18 Å². The van der Waals surface area contributed by atoms with Crippen LogP contribution in [0.2, 0.25) is 0 Å². The number of halogens is 3. The lowest BCUT2D eigenvalue weighted by molar-refractivity contribution is -0.137. The summed E-state index contributed by atoms with van der Waals surface area (Å²) in [5.74, 6) is -0.869. The highest BCUT2D eigenvalue weighted by Crippen LogP contribution is 2.33. The van der Waals surface area contributed by atoms with Crippen LogP contribution in [-0.2, 0) is 11.0 Å². The molecule has 6 aromatic rings. The predicted octanol–water partition coefficient (Wildman–Crippen LogP) is 6.53. The summed E-state index contributed by atoms with van der Waals surface area (Å²) in [5, 5.41) is 17.6. The van der Waals surface area contributed by atoms with Gasteiger partial charge in [-0.05, 0) is 61.9 Å². The van der Waals surface area contributed by atoms with Gasteiger partial charge < -0.3 is 5.32 Å². The first kappa shape index (κ1) is 32.0. The summed E-state index contributed by atoms with van der Waals surface area (Å²) in [5.41, 5.74) is 1.85. The Kier molecular flexibility index (Phi) is 8.67. The van der Waals surface area contributed by atoms with Crippen LogP contribution in [0.5, 0.6) is 0 Å².